The fourth-order valence-corrected chi connectivity index (χ4v) is 2.75. The van der Waals surface area contributed by atoms with E-state index in [1.807, 2.05) is 12.1 Å². The van der Waals surface area contributed by atoms with E-state index < -0.39 is 0 Å². The van der Waals surface area contributed by atoms with Gasteiger partial charge >= 0.3 is 0 Å². The average molecular weight is 381 g/mol. The highest BCUT2D eigenvalue weighted by atomic mass is 79.9. The largest absolute Gasteiger partial charge is 0.383 e. The van der Waals surface area contributed by atoms with E-state index in [4.69, 9.17) is 4.74 Å². The smallest absolute Gasteiger partial charge is 0.274 e. The molecule has 0 unspecified atom stereocenters. The monoisotopic (exact) mass is 380 g/mol. The van der Waals surface area contributed by atoms with Gasteiger partial charge in [0, 0.05) is 37.9 Å². The number of nitrogens with zero attached hydrogens (tertiary/aromatic N) is 3. The Hall–Kier alpha value is -1.86. The molecule has 2 aromatic heterocycles. The van der Waals surface area contributed by atoms with Gasteiger partial charge in [-0.15, -0.1) is 0 Å². The zero-order chi connectivity index (χ0) is 16.8. The van der Waals surface area contributed by atoms with Crippen molar-refractivity contribution in [1.82, 2.24) is 9.55 Å². The number of aryl methyl sites for hydroxylation is 1. The molecule has 23 heavy (non-hydrogen) atoms. The maximum Gasteiger partial charge on any atom is 0.274 e. The van der Waals surface area contributed by atoms with Gasteiger partial charge in [0.1, 0.15) is 11.5 Å². The van der Waals surface area contributed by atoms with Gasteiger partial charge in [0.25, 0.3) is 5.56 Å². The minimum absolute atomic E-state index is 0.102. The van der Waals surface area contributed by atoms with E-state index in [1.54, 1.807) is 32.6 Å². The molecule has 0 radical (unpaired) electrons. The number of ether oxygens (including phenoxy) is 1. The Morgan fingerprint density at radius 2 is 2.22 bits per heavy atom. The second-order valence-electron chi connectivity index (χ2n) is 5.09. The molecule has 0 spiro atoms. The molecule has 0 saturated carbocycles. The first-order valence-electron chi connectivity index (χ1n) is 7.38. The Morgan fingerprint density at radius 1 is 1.43 bits per heavy atom. The van der Waals surface area contributed by atoms with Crippen molar-refractivity contribution < 1.29 is 4.74 Å². The summed E-state index contributed by atoms with van der Waals surface area (Å²) in [7, 11) is 3.40. The molecular weight excluding hydrogens is 360 g/mol. The molecule has 2 aromatic rings. The molecule has 0 bridgehead atoms. The molecule has 124 valence electrons. The number of rotatable bonds is 7. The molecule has 0 aromatic carbocycles. The zero-order valence-electron chi connectivity index (χ0n) is 13.5. The van der Waals surface area contributed by atoms with E-state index >= 15 is 0 Å². The van der Waals surface area contributed by atoms with Crippen LogP contribution in [0.3, 0.4) is 0 Å². The van der Waals surface area contributed by atoms with Crippen LogP contribution >= 0.6 is 15.9 Å². The lowest BCUT2D eigenvalue weighted by molar-refractivity contribution is 0.205. The number of aromatic nitrogens is 2. The van der Waals surface area contributed by atoms with E-state index in [0.717, 1.165) is 23.2 Å². The van der Waals surface area contributed by atoms with Gasteiger partial charge in [0.2, 0.25) is 0 Å². The average Bonchev–Trinajstić information content (AvgIpc) is 2.54. The highest BCUT2D eigenvalue weighted by Crippen LogP contribution is 2.18. The van der Waals surface area contributed by atoms with Crippen LogP contribution < -0.4 is 15.8 Å². The van der Waals surface area contributed by atoms with Crippen molar-refractivity contribution in [3.63, 3.8) is 0 Å². The number of pyridine rings is 2. The van der Waals surface area contributed by atoms with Crippen LogP contribution in [0.5, 0.6) is 0 Å². The number of halogens is 1. The minimum Gasteiger partial charge on any atom is -0.383 e. The lowest BCUT2D eigenvalue weighted by Gasteiger charge is -2.22. The summed E-state index contributed by atoms with van der Waals surface area (Å²) < 4.78 is 7.47. The van der Waals surface area contributed by atoms with Crippen LogP contribution in [0.1, 0.15) is 6.92 Å². The third-order valence-electron chi connectivity index (χ3n) is 3.47. The molecule has 0 amide bonds. The molecule has 1 N–H and O–H groups in total. The molecule has 0 fully saturated rings. The first-order valence-corrected chi connectivity index (χ1v) is 8.17. The third-order valence-corrected chi connectivity index (χ3v) is 3.91. The number of hydrogen-bond acceptors (Lipinski definition) is 5. The summed E-state index contributed by atoms with van der Waals surface area (Å²) in [6, 6.07) is 5.59. The van der Waals surface area contributed by atoms with Gasteiger partial charge in [0.05, 0.1) is 18.5 Å². The third kappa shape index (κ3) is 4.56. The fourth-order valence-electron chi connectivity index (χ4n) is 2.22. The van der Waals surface area contributed by atoms with E-state index in [0.29, 0.717) is 18.1 Å². The van der Waals surface area contributed by atoms with E-state index in [1.165, 1.54) is 4.57 Å². The van der Waals surface area contributed by atoms with Crippen molar-refractivity contribution in [1.29, 1.82) is 0 Å². The van der Waals surface area contributed by atoms with Crippen LogP contribution in [0.2, 0.25) is 0 Å². The molecule has 0 atom stereocenters. The summed E-state index contributed by atoms with van der Waals surface area (Å²) in [4.78, 5) is 18.7. The summed E-state index contributed by atoms with van der Waals surface area (Å²) in [5.74, 6) is 0.631. The van der Waals surface area contributed by atoms with Crippen molar-refractivity contribution in [2.75, 3.05) is 37.0 Å². The van der Waals surface area contributed by atoms with Gasteiger partial charge in [-0.3, -0.25) is 4.79 Å². The van der Waals surface area contributed by atoms with Gasteiger partial charge in [-0.1, -0.05) is 0 Å². The summed E-state index contributed by atoms with van der Waals surface area (Å²) in [6.45, 7) is 4.45. The van der Waals surface area contributed by atoms with E-state index in [-0.39, 0.29) is 5.56 Å². The van der Waals surface area contributed by atoms with Gasteiger partial charge in [-0.05, 0) is 41.1 Å². The first kappa shape index (κ1) is 17.5. The topological polar surface area (TPSA) is 59.4 Å². The lowest BCUT2D eigenvalue weighted by Crippen LogP contribution is -2.26. The molecule has 0 aliphatic heterocycles. The standard InChI is InChI=1S/C16H21BrN4O2/c1-4-21(7-8-23-3)13-5-6-15(18-10-13)19-14-9-12(17)11-20(2)16(14)22/h5-6,9-11H,4,7-8H2,1-3H3,(H,18,19). The molecule has 6 nitrogen and oxygen atoms in total. The predicted molar refractivity (Wildman–Crippen MR) is 96.7 cm³/mol. The SMILES string of the molecule is CCN(CCOC)c1ccc(Nc2cc(Br)cn(C)c2=O)nc1. The Bertz CT molecular complexity index is 700. The zero-order valence-corrected chi connectivity index (χ0v) is 15.1. The predicted octanol–water partition coefficient (Wildman–Crippen LogP) is 2.76. The molecule has 0 aliphatic carbocycles. The second-order valence-corrected chi connectivity index (χ2v) is 6.00. The van der Waals surface area contributed by atoms with Crippen LogP contribution in [0, 0.1) is 0 Å². The number of hydrogen-bond donors (Lipinski definition) is 1. The molecule has 2 heterocycles. The van der Waals surface area contributed by atoms with Crippen LogP contribution in [0.25, 0.3) is 0 Å². The quantitative estimate of drug-likeness (QED) is 0.799. The number of likely N-dealkylation sites (N-methyl/N-ethyl adjacent to an activating group) is 1. The van der Waals surface area contributed by atoms with Gasteiger partial charge in [-0.2, -0.15) is 0 Å². The molecule has 0 aliphatic rings. The van der Waals surface area contributed by atoms with E-state index in [9.17, 15) is 4.79 Å². The van der Waals surface area contributed by atoms with Crippen molar-refractivity contribution in [3.05, 3.63) is 45.4 Å². The highest BCUT2D eigenvalue weighted by Gasteiger charge is 2.07. The van der Waals surface area contributed by atoms with Crippen molar-refractivity contribution in [3.8, 4) is 0 Å². The van der Waals surface area contributed by atoms with Crippen LogP contribution in [-0.4, -0.2) is 36.4 Å². The molecule has 2 rings (SSSR count). The summed E-state index contributed by atoms with van der Waals surface area (Å²) in [5.41, 5.74) is 1.40. The molecular formula is C16H21BrN4O2. The summed E-state index contributed by atoms with van der Waals surface area (Å²) in [6.07, 6.45) is 3.52. The highest BCUT2D eigenvalue weighted by molar-refractivity contribution is 9.10. The first-order chi connectivity index (χ1) is 11.0. The summed E-state index contributed by atoms with van der Waals surface area (Å²) >= 11 is 3.39. The van der Waals surface area contributed by atoms with Crippen molar-refractivity contribution >= 4 is 33.1 Å². The van der Waals surface area contributed by atoms with Crippen LogP contribution in [0.15, 0.2) is 39.9 Å². The number of anilines is 3. The van der Waals surface area contributed by atoms with Crippen LogP contribution in [-0.2, 0) is 11.8 Å². The van der Waals surface area contributed by atoms with Crippen molar-refractivity contribution in [2.24, 2.45) is 7.05 Å². The van der Waals surface area contributed by atoms with E-state index in [2.05, 4.69) is 38.1 Å². The molecule has 7 heteroatoms. The van der Waals surface area contributed by atoms with Crippen molar-refractivity contribution in [2.45, 2.75) is 6.92 Å². The maximum absolute atomic E-state index is 12.1. The maximum atomic E-state index is 12.1. The molecule has 0 saturated heterocycles. The number of methoxy groups -OCH3 is 1. The lowest BCUT2D eigenvalue weighted by atomic mass is 10.3. The fraction of sp³-hybridized carbons (Fsp3) is 0.375. The second kappa shape index (κ2) is 8.12. The Morgan fingerprint density at radius 3 is 2.83 bits per heavy atom. The van der Waals surface area contributed by atoms with Gasteiger partial charge < -0.3 is 19.5 Å². The van der Waals surface area contributed by atoms with Crippen LogP contribution in [0.4, 0.5) is 17.2 Å². The normalized spacial score (nSPS) is 10.6. The Balaban J connectivity index is 2.15. The minimum atomic E-state index is -0.102. The Labute approximate surface area is 144 Å². The van der Waals surface area contributed by atoms with Gasteiger partial charge in [0.15, 0.2) is 0 Å². The van der Waals surface area contributed by atoms with Gasteiger partial charge in [-0.25, -0.2) is 4.98 Å². The Kier molecular flexibility index (Phi) is 6.18. The summed E-state index contributed by atoms with van der Waals surface area (Å²) in [5, 5.41) is 3.06. The number of nitrogens with one attached hydrogen (secondary N) is 1.